The number of likely N-dealkylation sites (N-methyl/N-ethyl adjacent to an activating group) is 1. The van der Waals surface area contributed by atoms with Crippen molar-refractivity contribution in [2.24, 2.45) is 0 Å². The summed E-state index contributed by atoms with van der Waals surface area (Å²) < 4.78 is 0. The molecule has 0 aliphatic carbocycles. The van der Waals surface area contributed by atoms with Crippen LogP contribution in [0.5, 0.6) is 0 Å². The minimum Gasteiger partial charge on any atom is -0.363 e. The topological polar surface area (TPSA) is 35.5 Å². The number of likely N-dealkylation sites (tertiary alicyclic amines) is 1. The lowest BCUT2D eigenvalue weighted by atomic mass is 10.0. The lowest BCUT2D eigenvalue weighted by molar-refractivity contribution is 0.165. The van der Waals surface area contributed by atoms with Gasteiger partial charge in [0.25, 0.3) is 0 Å². The fourth-order valence-electron chi connectivity index (χ4n) is 2.67. The minimum absolute atomic E-state index is 0.722. The Morgan fingerprint density at radius 1 is 1.20 bits per heavy atom. The molecule has 20 heavy (non-hydrogen) atoms. The van der Waals surface area contributed by atoms with Crippen LogP contribution in [0.2, 0.25) is 0 Å². The molecule has 0 unspecified atom stereocenters. The van der Waals surface area contributed by atoms with E-state index in [2.05, 4.69) is 33.7 Å². The van der Waals surface area contributed by atoms with Gasteiger partial charge < -0.3 is 9.80 Å². The van der Waals surface area contributed by atoms with E-state index in [0.717, 1.165) is 30.8 Å². The average molecular weight is 277 g/mol. The zero-order valence-electron chi connectivity index (χ0n) is 13.2. The number of rotatable bonds is 5. The summed E-state index contributed by atoms with van der Waals surface area (Å²) in [6.45, 7) is 5.70. The first kappa shape index (κ1) is 15.0. The molecule has 0 aromatic carbocycles. The van der Waals surface area contributed by atoms with Crippen LogP contribution in [0.3, 0.4) is 0 Å². The summed E-state index contributed by atoms with van der Waals surface area (Å²) in [5.74, 6) is 1.95. The summed E-state index contributed by atoms with van der Waals surface area (Å²) in [4.78, 5) is 15.5. The van der Waals surface area contributed by atoms with Gasteiger partial charge in [-0.3, -0.25) is 4.90 Å². The Morgan fingerprint density at radius 2 is 1.95 bits per heavy atom. The molecule has 0 N–H and O–H groups in total. The fourth-order valence-corrected chi connectivity index (χ4v) is 2.67. The van der Waals surface area contributed by atoms with Gasteiger partial charge >= 0.3 is 0 Å². The highest BCUT2D eigenvalue weighted by atomic mass is 15.2. The molecule has 0 bridgehead atoms. The first-order valence-electron chi connectivity index (χ1n) is 7.52. The van der Waals surface area contributed by atoms with Crippen molar-refractivity contribution in [1.82, 2.24) is 14.9 Å². The second-order valence-electron chi connectivity index (χ2n) is 5.93. The Balaban J connectivity index is 1.91. The third kappa shape index (κ3) is 3.82. The highest BCUT2D eigenvalue weighted by Gasteiger charge is 2.18. The van der Waals surface area contributed by atoms with Crippen LogP contribution < -0.4 is 9.80 Å². The zero-order chi connectivity index (χ0) is 14.5. The van der Waals surface area contributed by atoms with Crippen LogP contribution in [0, 0.1) is 0 Å². The molecule has 1 aliphatic rings. The van der Waals surface area contributed by atoms with Gasteiger partial charge in [0.15, 0.2) is 0 Å². The maximum atomic E-state index is 4.37. The van der Waals surface area contributed by atoms with Gasteiger partial charge in [-0.25, -0.2) is 9.97 Å². The molecule has 5 heteroatoms. The van der Waals surface area contributed by atoms with Crippen molar-refractivity contribution in [3.8, 4) is 0 Å². The summed E-state index contributed by atoms with van der Waals surface area (Å²) in [7, 11) is 6.11. The molecular weight excluding hydrogens is 250 g/mol. The van der Waals surface area contributed by atoms with Crippen LogP contribution in [0.4, 0.5) is 11.6 Å². The number of hydrogen-bond acceptors (Lipinski definition) is 5. The van der Waals surface area contributed by atoms with Crippen LogP contribution in [0.25, 0.3) is 0 Å². The molecule has 2 rings (SSSR count). The van der Waals surface area contributed by atoms with Crippen LogP contribution in [-0.4, -0.2) is 61.7 Å². The van der Waals surface area contributed by atoms with E-state index in [9.17, 15) is 0 Å². The minimum atomic E-state index is 0.722. The van der Waals surface area contributed by atoms with Crippen LogP contribution in [0.15, 0.2) is 12.4 Å². The maximum absolute atomic E-state index is 4.37. The van der Waals surface area contributed by atoms with Gasteiger partial charge in [0.2, 0.25) is 0 Å². The second kappa shape index (κ2) is 6.88. The van der Waals surface area contributed by atoms with E-state index in [-0.39, 0.29) is 0 Å². The van der Waals surface area contributed by atoms with Gasteiger partial charge in [-0.2, -0.15) is 0 Å². The molecular formula is C15H27N5. The Bertz CT molecular complexity index is 420. The highest BCUT2D eigenvalue weighted by Crippen LogP contribution is 2.17. The smallest absolute Gasteiger partial charge is 0.133 e. The number of anilines is 2. The van der Waals surface area contributed by atoms with Gasteiger partial charge in [0.1, 0.15) is 18.0 Å². The molecule has 0 radical (unpaired) electrons. The second-order valence-corrected chi connectivity index (χ2v) is 5.93. The first-order valence-corrected chi connectivity index (χ1v) is 7.52. The molecule has 1 saturated heterocycles. The van der Waals surface area contributed by atoms with E-state index in [4.69, 9.17) is 0 Å². The average Bonchev–Trinajstić information content (AvgIpc) is 2.46. The molecule has 0 saturated carbocycles. The largest absolute Gasteiger partial charge is 0.363 e. The molecule has 5 nitrogen and oxygen atoms in total. The quantitative estimate of drug-likeness (QED) is 0.821. The van der Waals surface area contributed by atoms with Crippen molar-refractivity contribution in [2.45, 2.75) is 32.2 Å². The zero-order valence-corrected chi connectivity index (χ0v) is 13.2. The predicted molar refractivity (Wildman–Crippen MR) is 84.5 cm³/mol. The Labute approximate surface area is 122 Å². The summed E-state index contributed by atoms with van der Waals surface area (Å²) in [5.41, 5.74) is 0. The lowest BCUT2D eigenvalue weighted by Crippen LogP contribution is -2.42. The Morgan fingerprint density at radius 3 is 2.65 bits per heavy atom. The first-order chi connectivity index (χ1) is 9.58. The van der Waals surface area contributed by atoms with Gasteiger partial charge in [-0.15, -0.1) is 0 Å². The van der Waals surface area contributed by atoms with E-state index in [1.54, 1.807) is 6.33 Å². The molecule has 1 aliphatic heterocycles. The van der Waals surface area contributed by atoms with Gasteiger partial charge in [-0.1, -0.05) is 6.42 Å². The highest BCUT2D eigenvalue weighted by molar-refractivity contribution is 5.48. The van der Waals surface area contributed by atoms with Crippen molar-refractivity contribution in [1.29, 1.82) is 0 Å². The molecule has 1 aromatic heterocycles. The van der Waals surface area contributed by atoms with Crippen LogP contribution in [-0.2, 0) is 0 Å². The molecule has 1 aromatic rings. The van der Waals surface area contributed by atoms with Gasteiger partial charge in [-0.05, 0) is 26.3 Å². The SMILES string of the molecule is C[C@H]1CCCCN1CCN(C)c1cc(N(C)C)ncn1. The number of aromatic nitrogens is 2. The van der Waals surface area contributed by atoms with E-state index in [1.807, 2.05) is 25.1 Å². The van der Waals surface area contributed by atoms with E-state index in [1.165, 1.54) is 25.8 Å². The summed E-state index contributed by atoms with van der Waals surface area (Å²) in [6, 6.07) is 2.76. The van der Waals surface area contributed by atoms with Crippen molar-refractivity contribution < 1.29 is 0 Å². The molecule has 112 valence electrons. The summed E-state index contributed by atoms with van der Waals surface area (Å²) in [6.07, 6.45) is 5.70. The number of nitrogens with zero attached hydrogens (tertiary/aromatic N) is 5. The van der Waals surface area contributed by atoms with Crippen molar-refractivity contribution in [3.05, 3.63) is 12.4 Å². The third-order valence-corrected chi connectivity index (χ3v) is 4.15. The predicted octanol–water partition coefficient (Wildman–Crippen LogP) is 1.85. The number of hydrogen-bond donors (Lipinski definition) is 0. The molecule has 0 spiro atoms. The van der Waals surface area contributed by atoms with Gasteiger partial charge in [0.05, 0.1) is 0 Å². The normalized spacial score (nSPS) is 19.9. The standard InChI is InChI=1S/C15H27N5/c1-13-7-5-6-8-20(13)10-9-19(4)15-11-14(18(2)3)16-12-17-15/h11-13H,5-10H2,1-4H3/t13-/m0/s1. The third-order valence-electron chi connectivity index (χ3n) is 4.15. The van der Waals surface area contributed by atoms with Crippen molar-refractivity contribution in [2.75, 3.05) is 50.6 Å². The molecule has 2 heterocycles. The molecule has 1 fully saturated rings. The summed E-state index contributed by atoms with van der Waals surface area (Å²) in [5, 5.41) is 0. The fraction of sp³-hybridized carbons (Fsp3) is 0.733. The van der Waals surface area contributed by atoms with E-state index >= 15 is 0 Å². The summed E-state index contributed by atoms with van der Waals surface area (Å²) >= 11 is 0. The Hall–Kier alpha value is -1.36. The number of piperidine rings is 1. The van der Waals surface area contributed by atoms with Crippen LogP contribution in [0.1, 0.15) is 26.2 Å². The van der Waals surface area contributed by atoms with E-state index in [0.29, 0.717) is 0 Å². The maximum Gasteiger partial charge on any atom is 0.133 e. The molecule has 0 amide bonds. The van der Waals surface area contributed by atoms with Crippen LogP contribution >= 0.6 is 0 Å². The van der Waals surface area contributed by atoms with Crippen molar-refractivity contribution in [3.63, 3.8) is 0 Å². The lowest BCUT2D eigenvalue weighted by Gasteiger charge is -2.34. The monoisotopic (exact) mass is 277 g/mol. The molecule has 1 atom stereocenters. The van der Waals surface area contributed by atoms with Crippen molar-refractivity contribution >= 4 is 11.6 Å². The van der Waals surface area contributed by atoms with Gasteiger partial charge in [0, 0.05) is 46.3 Å². The Kier molecular flexibility index (Phi) is 5.17. The van der Waals surface area contributed by atoms with E-state index < -0.39 is 0 Å².